The average molecular weight is 385 g/mol. The summed E-state index contributed by atoms with van der Waals surface area (Å²) in [6.07, 6.45) is 3.76. The number of benzene rings is 1. The second-order valence-electron chi connectivity index (χ2n) is 7.25. The van der Waals surface area contributed by atoms with Crippen molar-refractivity contribution in [2.45, 2.75) is 37.1 Å². The third kappa shape index (κ3) is 3.12. The van der Waals surface area contributed by atoms with Crippen molar-refractivity contribution >= 4 is 23.2 Å². The highest BCUT2D eigenvalue weighted by atomic mass is 32.1. The number of likely N-dealkylation sites (tertiary alicyclic amines) is 1. The summed E-state index contributed by atoms with van der Waals surface area (Å²) in [6.45, 7) is 0.786. The molecule has 1 aliphatic carbocycles. The number of amides is 2. The molecule has 4 rings (SSSR count). The Labute approximate surface area is 163 Å². The first kappa shape index (κ1) is 18.0. The Bertz CT molecular complexity index is 855. The van der Waals surface area contributed by atoms with E-state index in [4.69, 9.17) is 4.74 Å². The van der Waals surface area contributed by atoms with E-state index in [0.717, 1.165) is 48.4 Å². The Morgan fingerprint density at radius 2 is 1.93 bits per heavy atom. The third-order valence-electron chi connectivity index (χ3n) is 5.72. The molecule has 1 atom stereocenters. The molecule has 5 nitrogen and oxygen atoms in total. The van der Waals surface area contributed by atoms with E-state index in [0.29, 0.717) is 4.88 Å². The summed E-state index contributed by atoms with van der Waals surface area (Å²) in [5, 5.41) is 2.66. The SMILES string of the molecule is CNC(=O)c1ccc([C@H]2CCCN2C(=O)C2(c3ccc(OC)cc3)CC2)s1. The van der Waals surface area contributed by atoms with Crippen molar-refractivity contribution in [1.29, 1.82) is 0 Å². The van der Waals surface area contributed by atoms with Gasteiger partial charge in [0.25, 0.3) is 5.91 Å². The number of ether oxygens (including phenoxy) is 1. The average Bonchev–Trinajstić information content (AvgIpc) is 3.14. The summed E-state index contributed by atoms with van der Waals surface area (Å²) in [7, 11) is 3.29. The fraction of sp³-hybridized carbons (Fsp3) is 0.429. The molecule has 27 heavy (non-hydrogen) atoms. The number of methoxy groups -OCH3 is 1. The summed E-state index contributed by atoms with van der Waals surface area (Å²) in [5.74, 6) is 0.963. The van der Waals surface area contributed by atoms with Crippen LogP contribution in [0, 0.1) is 0 Å². The highest BCUT2D eigenvalue weighted by molar-refractivity contribution is 7.14. The lowest BCUT2D eigenvalue weighted by Gasteiger charge is -2.29. The smallest absolute Gasteiger partial charge is 0.261 e. The second kappa shape index (κ2) is 7.00. The van der Waals surface area contributed by atoms with Crippen LogP contribution < -0.4 is 10.1 Å². The Morgan fingerprint density at radius 1 is 1.19 bits per heavy atom. The lowest BCUT2D eigenvalue weighted by atomic mass is 9.93. The van der Waals surface area contributed by atoms with Crippen molar-refractivity contribution in [1.82, 2.24) is 10.2 Å². The van der Waals surface area contributed by atoms with Gasteiger partial charge in [0.1, 0.15) is 5.75 Å². The van der Waals surface area contributed by atoms with Gasteiger partial charge in [0, 0.05) is 18.5 Å². The summed E-state index contributed by atoms with van der Waals surface area (Å²) < 4.78 is 5.24. The van der Waals surface area contributed by atoms with E-state index < -0.39 is 0 Å². The zero-order chi connectivity index (χ0) is 19.0. The molecule has 2 aliphatic rings. The minimum Gasteiger partial charge on any atom is -0.497 e. The molecule has 0 bridgehead atoms. The molecule has 0 radical (unpaired) electrons. The second-order valence-corrected chi connectivity index (χ2v) is 8.36. The number of thiophene rings is 1. The van der Waals surface area contributed by atoms with Crippen LogP contribution in [-0.2, 0) is 10.2 Å². The highest BCUT2D eigenvalue weighted by Crippen LogP contribution is 2.52. The summed E-state index contributed by atoms with van der Waals surface area (Å²) in [4.78, 5) is 29.2. The minimum absolute atomic E-state index is 0.0704. The van der Waals surface area contributed by atoms with Gasteiger partial charge in [-0.1, -0.05) is 12.1 Å². The van der Waals surface area contributed by atoms with E-state index in [1.165, 1.54) is 11.3 Å². The Hall–Kier alpha value is -2.34. The Kier molecular flexibility index (Phi) is 4.68. The minimum atomic E-state index is -0.379. The number of hydrogen-bond donors (Lipinski definition) is 1. The van der Waals surface area contributed by atoms with Gasteiger partial charge in [0.2, 0.25) is 5.91 Å². The largest absolute Gasteiger partial charge is 0.497 e. The van der Waals surface area contributed by atoms with Gasteiger partial charge in [-0.15, -0.1) is 11.3 Å². The van der Waals surface area contributed by atoms with Gasteiger partial charge in [-0.2, -0.15) is 0 Å². The lowest BCUT2D eigenvalue weighted by Crippen LogP contribution is -2.38. The van der Waals surface area contributed by atoms with Gasteiger partial charge in [-0.3, -0.25) is 9.59 Å². The molecule has 1 aromatic heterocycles. The Balaban J connectivity index is 1.57. The first-order valence-electron chi connectivity index (χ1n) is 9.36. The van der Waals surface area contributed by atoms with E-state index in [1.807, 2.05) is 41.3 Å². The van der Waals surface area contributed by atoms with E-state index in [1.54, 1.807) is 14.2 Å². The van der Waals surface area contributed by atoms with Crippen LogP contribution in [0.5, 0.6) is 5.75 Å². The van der Waals surface area contributed by atoms with Crippen molar-refractivity contribution in [3.63, 3.8) is 0 Å². The van der Waals surface area contributed by atoms with E-state index in [2.05, 4.69) is 5.32 Å². The van der Waals surface area contributed by atoms with Gasteiger partial charge in [0.15, 0.2) is 0 Å². The number of hydrogen-bond acceptors (Lipinski definition) is 4. The van der Waals surface area contributed by atoms with Gasteiger partial charge < -0.3 is 15.0 Å². The fourth-order valence-corrected chi connectivity index (χ4v) is 5.12. The highest BCUT2D eigenvalue weighted by Gasteiger charge is 2.54. The maximum Gasteiger partial charge on any atom is 0.261 e. The molecule has 0 unspecified atom stereocenters. The molecule has 1 aliphatic heterocycles. The molecule has 1 aromatic carbocycles. The molecular weight excluding hydrogens is 360 g/mol. The maximum absolute atomic E-state index is 13.5. The molecule has 6 heteroatoms. The summed E-state index contributed by atoms with van der Waals surface area (Å²) in [6, 6.07) is 11.8. The van der Waals surface area contributed by atoms with Crippen LogP contribution in [0.1, 0.15) is 51.8 Å². The molecule has 0 spiro atoms. The van der Waals surface area contributed by atoms with E-state index in [9.17, 15) is 9.59 Å². The zero-order valence-corrected chi connectivity index (χ0v) is 16.5. The molecule has 2 heterocycles. The fourth-order valence-electron chi connectivity index (χ4n) is 4.02. The molecule has 2 amide bonds. The predicted molar refractivity (Wildman–Crippen MR) is 105 cm³/mol. The van der Waals surface area contributed by atoms with Gasteiger partial charge in [-0.25, -0.2) is 0 Å². The van der Waals surface area contributed by atoms with Gasteiger partial charge in [-0.05, 0) is 55.5 Å². The summed E-state index contributed by atoms with van der Waals surface area (Å²) >= 11 is 1.49. The van der Waals surface area contributed by atoms with Crippen LogP contribution in [0.15, 0.2) is 36.4 Å². The number of carbonyl (C=O) groups excluding carboxylic acids is 2. The van der Waals surface area contributed by atoms with Crippen LogP contribution in [0.3, 0.4) is 0 Å². The lowest BCUT2D eigenvalue weighted by molar-refractivity contribution is -0.134. The number of carbonyl (C=O) groups is 2. The maximum atomic E-state index is 13.5. The van der Waals surface area contributed by atoms with Crippen molar-refractivity contribution in [2.75, 3.05) is 20.7 Å². The number of rotatable bonds is 5. The van der Waals surface area contributed by atoms with Crippen molar-refractivity contribution < 1.29 is 14.3 Å². The van der Waals surface area contributed by atoms with E-state index >= 15 is 0 Å². The van der Waals surface area contributed by atoms with Gasteiger partial charge in [0.05, 0.1) is 23.4 Å². The normalized spacial score (nSPS) is 20.4. The summed E-state index contributed by atoms with van der Waals surface area (Å²) in [5.41, 5.74) is 0.701. The molecule has 1 N–H and O–H groups in total. The molecular formula is C21H24N2O3S. The molecule has 1 saturated carbocycles. The number of nitrogens with zero attached hydrogens (tertiary/aromatic N) is 1. The van der Waals surface area contributed by atoms with Crippen LogP contribution >= 0.6 is 11.3 Å². The molecule has 142 valence electrons. The Morgan fingerprint density at radius 3 is 2.56 bits per heavy atom. The van der Waals surface area contributed by atoms with Crippen molar-refractivity contribution in [2.24, 2.45) is 0 Å². The van der Waals surface area contributed by atoms with E-state index in [-0.39, 0.29) is 23.3 Å². The van der Waals surface area contributed by atoms with Crippen molar-refractivity contribution in [3.05, 3.63) is 51.7 Å². The first-order valence-corrected chi connectivity index (χ1v) is 10.2. The monoisotopic (exact) mass is 384 g/mol. The molecule has 2 aromatic rings. The molecule has 1 saturated heterocycles. The first-order chi connectivity index (χ1) is 13.1. The van der Waals surface area contributed by atoms with Crippen LogP contribution in [0.25, 0.3) is 0 Å². The van der Waals surface area contributed by atoms with Gasteiger partial charge >= 0.3 is 0 Å². The van der Waals surface area contributed by atoms with Crippen LogP contribution in [0.2, 0.25) is 0 Å². The standard InChI is InChI=1S/C21H24N2O3S/c1-22-19(24)18-10-9-17(27-18)16-4-3-13-23(16)20(25)21(11-12-21)14-5-7-15(26-2)8-6-14/h5-10,16H,3-4,11-13H2,1-2H3,(H,22,24)/t16-/m1/s1. The molecule has 2 fully saturated rings. The number of nitrogens with one attached hydrogen (secondary N) is 1. The third-order valence-corrected chi connectivity index (χ3v) is 6.91. The quantitative estimate of drug-likeness (QED) is 0.858. The van der Waals surface area contributed by atoms with Crippen molar-refractivity contribution in [3.8, 4) is 5.75 Å². The topological polar surface area (TPSA) is 58.6 Å². The zero-order valence-electron chi connectivity index (χ0n) is 15.7. The predicted octanol–water partition coefficient (Wildman–Crippen LogP) is 3.51. The van der Waals surface area contributed by atoms with Crippen LogP contribution in [0.4, 0.5) is 0 Å². The van der Waals surface area contributed by atoms with Crippen LogP contribution in [-0.4, -0.2) is 37.4 Å².